The van der Waals surface area contributed by atoms with Crippen LogP contribution >= 0.6 is 65.8 Å². The van der Waals surface area contributed by atoms with Gasteiger partial charge in [-0.3, -0.25) is 0 Å². The molecule has 0 bridgehead atoms. The van der Waals surface area contributed by atoms with Crippen LogP contribution in [0.2, 0.25) is 0 Å². The summed E-state index contributed by atoms with van der Waals surface area (Å²) in [5, 5.41) is 3.58. The highest BCUT2D eigenvalue weighted by Gasteiger charge is 2.19. The van der Waals surface area contributed by atoms with E-state index in [-0.39, 0.29) is 6.04 Å². The Morgan fingerprint density at radius 1 is 1.26 bits per heavy atom. The summed E-state index contributed by atoms with van der Waals surface area (Å²) in [6, 6.07) is 8.94. The molecule has 0 amide bonds. The highest BCUT2D eigenvalue weighted by atomic mass is 127. The zero-order chi connectivity index (χ0) is 14.0. The summed E-state index contributed by atoms with van der Waals surface area (Å²) in [5.41, 5.74) is 1.29. The quantitative estimate of drug-likeness (QED) is 0.502. The van der Waals surface area contributed by atoms with Crippen LogP contribution in [-0.4, -0.2) is 6.54 Å². The summed E-state index contributed by atoms with van der Waals surface area (Å²) in [5.74, 6) is 0. The maximum atomic E-state index is 3.67. The fraction of sp³-hybridized carbons (Fsp3) is 0.286. The smallest absolute Gasteiger partial charge is 0.0682 e. The van der Waals surface area contributed by atoms with Gasteiger partial charge in [0, 0.05) is 22.3 Å². The molecular formula is C14H14Br2INS. The Morgan fingerprint density at radius 3 is 2.58 bits per heavy atom. The van der Waals surface area contributed by atoms with E-state index in [0.717, 1.165) is 11.0 Å². The van der Waals surface area contributed by atoms with Gasteiger partial charge in [-0.25, -0.2) is 0 Å². The normalized spacial score (nSPS) is 12.7. The molecular weight excluding hydrogens is 501 g/mol. The van der Waals surface area contributed by atoms with E-state index in [2.05, 4.69) is 97.9 Å². The Hall–Kier alpha value is 0.570. The SMILES string of the molecule is CCNC(c1cc(Br)c(C)s1)c1cc(I)ccc1Br. The molecule has 1 nitrogen and oxygen atoms in total. The molecule has 19 heavy (non-hydrogen) atoms. The summed E-state index contributed by atoms with van der Waals surface area (Å²) in [7, 11) is 0. The van der Waals surface area contributed by atoms with Crippen molar-refractivity contribution in [3.8, 4) is 0 Å². The number of halogens is 3. The third-order valence-corrected chi connectivity index (χ3v) is 6.43. The Bertz CT molecular complexity index is 563. The summed E-state index contributed by atoms with van der Waals surface area (Å²) in [6.45, 7) is 5.23. The predicted octanol–water partition coefficient (Wildman–Crippen LogP) is 5.89. The number of rotatable bonds is 4. The van der Waals surface area contributed by atoms with Crippen molar-refractivity contribution >= 4 is 65.8 Å². The topological polar surface area (TPSA) is 12.0 Å². The van der Waals surface area contributed by atoms with Crippen molar-refractivity contribution in [2.45, 2.75) is 19.9 Å². The first-order valence-electron chi connectivity index (χ1n) is 5.97. The average Bonchev–Trinajstić information content (AvgIpc) is 2.70. The Kier molecular flexibility index (Phi) is 5.90. The molecule has 1 atom stereocenters. The van der Waals surface area contributed by atoms with Crippen LogP contribution in [0.25, 0.3) is 0 Å². The lowest BCUT2D eigenvalue weighted by atomic mass is 10.1. The number of nitrogens with one attached hydrogen (secondary N) is 1. The van der Waals surface area contributed by atoms with Crippen molar-refractivity contribution in [1.29, 1.82) is 0 Å². The molecule has 0 aliphatic carbocycles. The van der Waals surface area contributed by atoms with Crippen LogP contribution in [0.3, 0.4) is 0 Å². The molecule has 0 aliphatic rings. The second-order valence-corrected chi connectivity index (χ2v) is 8.45. The minimum absolute atomic E-state index is 0.240. The van der Waals surface area contributed by atoms with Crippen LogP contribution in [0, 0.1) is 10.5 Å². The Labute approximate surface area is 148 Å². The van der Waals surface area contributed by atoms with Crippen LogP contribution in [0.5, 0.6) is 0 Å². The number of hydrogen-bond donors (Lipinski definition) is 1. The molecule has 2 aromatic rings. The number of hydrogen-bond acceptors (Lipinski definition) is 2. The van der Waals surface area contributed by atoms with Crippen LogP contribution in [0.15, 0.2) is 33.2 Å². The monoisotopic (exact) mass is 513 g/mol. The molecule has 5 heteroatoms. The lowest BCUT2D eigenvalue weighted by molar-refractivity contribution is 0.637. The van der Waals surface area contributed by atoms with Crippen molar-refractivity contribution < 1.29 is 0 Å². The highest BCUT2D eigenvalue weighted by molar-refractivity contribution is 14.1. The molecule has 1 heterocycles. The van der Waals surface area contributed by atoms with E-state index >= 15 is 0 Å². The van der Waals surface area contributed by atoms with Crippen LogP contribution < -0.4 is 5.32 Å². The summed E-state index contributed by atoms with van der Waals surface area (Å²) >= 11 is 11.5. The van der Waals surface area contributed by atoms with E-state index in [1.165, 1.54) is 23.4 Å². The molecule has 1 N–H and O–H groups in total. The van der Waals surface area contributed by atoms with Gasteiger partial charge in [-0.15, -0.1) is 11.3 Å². The molecule has 0 saturated carbocycles. The lowest BCUT2D eigenvalue weighted by Crippen LogP contribution is -2.21. The third-order valence-electron chi connectivity index (χ3n) is 2.84. The standard InChI is InChI=1S/C14H14Br2INS/c1-3-18-14(13-7-12(16)8(2)19-13)10-6-9(17)4-5-11(10)15/h4-7,14,18H,3H2,1-2H3. The van der Waals surface area contributed by atoms with E-state index in [9.17, 15) is 0 Å². The van der Waals surface area contributed by atoms with Gasteiger partial charge in [-0.1, -0.05) is 22.9 Å². The van der Waals surface area contributed by atoms with Crippen molar-refractivity contribution in [3.63, 3.8) is 0 Å². The van der Waals surface area contributed by atoms with Gasteiger partial charge in [-0.05, 0) is 81.8 Å². The van der Waals surface area contributed by atoms with E-state index < -0.39 is 0 Å². The Morgan fingerprint density at radius 2 is 2.00 bits per heavy atom. The average molecular weight is 515 g/mol. The van der Waals surface area contributed by atoms with Gasteiger partial charge < -0.3 is 5.32 Å². The maximum absolute atomic E-state index is 3.67. The summed E-state index contributed by atoms with van der Waals surface area (Å²) in [6.07, 6.45) is 0. The maximum Gasteiger partial charge on any atom is 0.0682 e. The first-order chi connectivity index (χ1) is 9.02. The van der Waals surface area contributed by atoms with E-state index in [1.54, 1.807) is 0 Å². The molecule has 102 valence electrons. The molecule has 0 aliphatic heterocycles. The molecule has 2 rings (SSSR count). The number of benzene rings is 1. The van der Waals surface area contributed by atoms with Crippen LogP contribution in [0.4, 0.5) is 0 Å². The number of thiophene rings is 1. The second kappa shape index (κ2) is 7.02. The molecule has 0 saturated heterocycles. The van der Waals surface area contributed by atoms with Crippen molar-refractivity contribution in [2.24, 2.45) is 0 Å². The summed E-state index contributed by atoms with van der Waals surface area (Å²) < 4.78 is 3.60. The zero-order valence-electron chi connectivity index (χ0n) is 10.6. The molecule has 1 unspecified atom stereocenters. The van der Waals surface area contributed by atoms with Gasteiger partial charge in [0.05, 0.1) is 6.04 Å². The molecule has 1 aromatic heterocycles. The first kappa shape index (κ1) is 15.9. The van der Waals surface area contributed by atoms with Gasteiger partial charge in [-0.2, -0.15) is 0 Å². The molecule has 0 spiro atoms. The third kappa shape index (κ3) is 3.81. The summed E-state index contributed by atoms with van der Waals surface area (Å²) in [4.78, 5) is 2.66. The lowest BCUT2D eigenvalue weighted by Gasteiger charge is -2.19. The minimum atomic E-state index is 0.240. The zero-order valence-corrected chi connectivity index (χ0v) is 16.8. The van der Waals surface area contributed by atoms with Gasteiger partial charge in [0.2, 0.25) is 0 Å². The second-order valence-electron chi connectivity index (χ2n) is 4.21. The van der Waals surface area contributed by atoms with Crippen molar-refractivity contribution in [3.05, 3.63) is 52.1 Å². The number of aryl methyl sites for hydroxylation is 1. The highest BCUT2D eigenvalue weighted by Crippen LogP contribution is 2.36. The first-order valence-corrected chi connectivity index (χ1v) is 9.45. The largest absolute Gasteiger partial charge is 0.306 e. The van der Waals surface area contributed by atoms with Gasteiger partial charge in [0.25, 0.3) is 0 Å². The minimum Gasteiger partial charge on any atom is -0.306 e. The van der Waals surface area contributed by atoms with Gasteiger partial charge in [0.15, 0.2) is 0 Å². The van der Waals surface area contributed by atoms with Crippen LogP contribution in [0.1, 0.15) is 28.3 Å². The Balaban J connectivity index is 2.47. The fourth-order valence-corrected chi connectivity index (χ4v) is 4.57. The van der Waals surface area contributed by atoms with Crippen molar-refractivity contribution in [2.75, 3.05) is 6.54 Å². The van der Waals surface area contributed by atoms with E-state index in [4.69, 9.17) is 0 Å². The van der Waals surface area contributed by atoms with E-state index in [1.807, 2.05) is 11.3 Å². The fourth-order valence-electron chi connectivity index (χ4n) is 1.93. The molecule has 0 fully saturated rings. The molecule has 1 aromatic carbocycles. The predicted molar refractivity (Wildman–Crippen MR) is 99.1 cm³/mol. The van der Waals surface area contributed by atoms with Gasteiger partial charge in [0.1, 0.15) is 0 Å². The van der Waals surface area contributed by atoms with Crippen molar-refractivity contribution in [1.82, 2.24) is 5.32 Å². The van der Waals surface area contributed by atoms with Gasteiger partial charge >= 0.3 is 0 Å². The molecule has 0 radical (unpaired) electrons. The van der Waals surface area contributed by atoms with Crippen LogP contribution in [-0.2, 0) is 0 Å². The van der Waals surface area contributed by atoms with E-state index in [0.29, 0.717) is 0 Å².